The second kappa shape index (κ2) is 5.46. The summed E-state index contributed by atoms with van der Waals surface area (Å²) in [6, 6.07) is 0.441. The number of rotatable bonds is 1. The van der Waals surface area contributed by atoms with Crippen LogP contribution in [0.15, 0.2) is 0 Å². The molecular formula is C21H35NO2. The Morgan fingerprint density at radius 2 is 1.92 bits per heavy atom. The molecule has 0 unspecified atom stereocenters. The molecule has 1 saturated heterocycles. The fourth-order valence-corrected chi connectivity index (χ4v) is 7.83. The number of nitrogens with zero attached hydrogens (tertiary/aromatic N) is 1. The first-order chi connectivity index (χ1) is 11.3. The van der Waals surface area contributed by atoms with Gasteiger partial charge in [-0.2, -0.15) is 0 Å². The lowest BCUT2D eigenvalue weighted by Crippen LogP contribution is -2.61. The second-order valence-electron chi connectivity index (χ2n) is 9.86. The Balaban J connectivity index is 1.68. The predicted octanol–water partition coefficient (Wildman–Crippen LogP) is 3.85. The molecule has 0 radical (unpaired) electrons. The van der Waals surface area contributed by atoms with E-state index >= 15 is 0 Å². The minimum absolute atomic E-state index is 0.102. The molecule has 3 heteroatoms. The number of piperidine rings is 1. The molecule has 136 valence electrons. The minimum Gasteiger partial charge on any atom is -0.393 e. The van der Waals surface area contributed by atoms with Crippen molar-refractivity contribution in [1.82, 2.24) is 4.90 Å². The van der Waals surface area contributed by atoms with Crippen molar-refractivity contribution in [3.63, 3.8) is 0 Å². The van der Waals surface area contributed by atoms with E-state index in [2.05, 4.69) is 25.7 Å². The highest BCUT2D eigenvalue weighted by atomic mass is 16.3. The van der Waals surface area contributed by atoms with Gasteiger partial charge in [0.15, 0.2) is 0 Å². The van der Waals surface area contributed by atoms with Gasteiger partial charge in [-0.1, -0.05) is 27.2 Å². The number of aliphatic hydroxyl groups excluding tert-OH is 1. The summed E-state index contributed by atoms with van der Waals surface area (Å²) in [6.07, 6.45) is 8.77. The maximum absolute atomic E-state index is 12.2. The Bertz CT molecular complexity index is 534. The summed E-state index contributed by atoms with van der Waals surface area (Å²) in [5.41, 5.74) is 0.431. The molecule has 3 saturated carbocycles. The Labute approximate surface area is 147 Å². The number of hydrogen-bond acceptors (Lipinski definition) is 2. The summed E-state index contributed by atoms with van der Waals surface area (Å²) in [5, 5.41) is 10.8. The van der Waals surface area contributed by atoms with Gasteiger partial charge in [0, 0.05) is 19.5 Å². The molecule has 0 aromatic carbocycles. The molecule has 4 rings (SSSR count). The topological polar surface area (TPSA) is 40.5 Å². The molecule has 1 heterocycles. The molecule has 0 bridgehead atoms. The van der Waals surface area contributed by atoms with Crippen LogP contribution in [0, 0.1) is 34.5 Å². The normalized spacial score (nSPS) is 54.2. The third-order valence-corrected chi connectivity index (χ3v) is 9.17. The largest absolute Gasteiger partial charge is 0.393 e. The lowest BCUT2D eigenvalue weighted by atomic mass is 9.46. The smallest absolute Gasteiger partial charge is 0.222 e. The number of hydrogen-bond donors (Lipinski definition) is 1. The fraction of sp³-hybridized carbons (Fsp3) is 0.952. The highest BCUT2D eigenvalue weighted by molar-refractivity contribution is 5.77. The van der Waals surface area contributed by atoms with Crippen LogP contribution in [0.2, 0.25) is 0 Å². The van der Waals surface area contributed by atoms with Crippen molar-refractivity contribution >= 4 is 5.91 Å². The molecule has 0 spiro atoms. The highest BCUT2D eigenvalue weighted by Crippen LogP contribution is 2.66. The van der Waals surface area contributed by atoms with E-state index in [0.717, 1.165) is 31.1 Å². The van der Waals surface area contributed by atoms with Crippen LogP contribution >= 0.6 is 0 Å². The summed E-state index contributed by atoms with van der Waals surface area (Å²) in [4.78, 5) is 14.3. The quantitative estimate of drug-likeness (QED) is 0.792. The van der Waals surface area contributed by atoms with Crippen LogP contribution in [-0.2, 0) is 4.79 Å². The number of aliphatic hydroxyl groups is 1. The number of fused-ring (bicyclic) bond motifs is 5. The summed E-state index contributed by atoms with van der Waals surface area (Å²) in [6.45, 7) is 7.17. The standard InChI is InChI=1S/C21H35NO2/c1-5-13-12-17(23)21(3)10-8-15-14(19(13)21)6-7-16-20(15,2)11-9-18(24)22(16)4/h13-17,19,23H,5-12H2,1-4H3/t13-,14-,15+,16-,17+,19+,20-,21-/m1/s1. The van der Waals surface area contributed by atoms with Crippen molar-refractivity contribution in [1.29, 1.82) is 0 Å². The number of likely N-dealkylation sites (tertiary alicyclic amines) is 1. The molecule has 1 aliphatic heterocycles. The Kier molecular flexibility index (Phi) is 3.84. The summed E-state index contributed by atoms with van der Waals surface area (Å²) in [7, 11) is 2.03. The van der Waals surface area contributed by atoms with Crippen LogP contribution in [0.4, 0.5) is 0 Å². The van der Waals surface area contributed by atoms with Gasteiger partial charge in [0.2, 0.25) is 5.91 Å². The van der Waals surface area contributed by atoms with Gasteiger partial charge in [0.25, 0.3) is 0 Å². The minimum atomic E-state index is -0.102. The molecule has 4 fully saturated rings. The van der Waals surface area contributed by atoms with Crippen molar-refractivity contribution < 1.29 is 9.90 Å². The van der Waals surface area contributed by atoms with Gasteiger partial charge < -0.3 is 10.0 Å². The predicted molar refractivity (Wildman–Crippen MR) is 95.3 cm³/mol. The molecule has 4 aliphatic rings. The number of carbonyl (C=O) groups excluding carboxylic acids is 1. The molecule has 3 nitrogen and oxygen atoms in total. The van der Waals surface area contributed by atoms with Gasteiger partial charge in [-0.05, 0) is 73.0 Å². The van der Waals surface area contributed by atoms with E-state index in [1.807, 2.05) is 7.05 Å². The van der Waals surface area contributed by atoms with E-state index in [-0.39, 0.29) is 11.5 Å². The lowest BCUT2D eigenvalue weighted by molar-refractivity contribution is -0.161. The molecule has 1 amide bonds. The molecule has 1 N–H and O–H groups in total. The fourth-order valence-electron chi connectivity index (χ4n) is 7.83. The van der Waals surface area contributed by atoms with Gasteiger partial charge in [-0.3, -0.25) is 4.79 Å². The van der Waals surface area contributed by atoms with Gasteiger partial charge >= 0.3 is 0 Å². The van der Waals surface area contributed by atoms with Crippen molar-refractivity contribution in [2.75, 3.05) is 7.05 Å². The zero-order valence-corrected chi connectivity index (χ0v) is 15.9. The van der Waals surface area contributed by atoms with Crippen LogP contribution in [0.3, 0.4) is 0 Å². The molecule has 24 heavy (non-hydrogen) atoms. The van der Waals surface area contributed by atoms with Crippen molar-refractivity contribution in [3.05, 3.63) is 0 Å². The van der Waals surface area contributed by atoms with Gasteiger partial charge in [0.05, 0.1) is 6.10 Å². The molecule has 8 atom stereocenters. The molecule has 0 aromatic heterocycles. The number of carbonyl (C=O) groups is 1. The monoisotopic (exact) mass is 333 g/mol. The first-order valence-corrected chi connectivity index (χ1v) is 10.3. The first-order valence-electron chi connectivity index (χ1n) is 10.3. The molecular weight excluding hydrogens is 298 g/mol. The zero-order chi connectivity index (χ0) is 17.3. The van der Waals surface area contributed by atoms with E-state index < -0.39 is 0 Å². The van der Waals surface area contributed by atoms with Crippen LogP contribution in [0.25, 0.3) is 0 Å². The maximum Gasteiger partial charge on any atom is 0.222 e. The van der Waals surface area contributed by atoms with E-state index in [9.17, 15) is 9.90 Å². The number of amides is 1. The highest BCUT2D eigenvalue weighted by Gasteiger charge is 2.62. The van der Waals surface area contributed by atoms with E-state index in [0.29, 0.717) is 29.2 Å². The summed E-state index contributed by atoms with van der Waals surface area (Å²) >= 11 is 0. The summed E-state index contributed by atoms with van der Waals surface area (Å²) in [5.74, 6) is 3.23. The first kappa shape index (κ1) is 16.9. The van der Waals surface area contributed by atoms with E-state index in [4.69, 9.17) is 0 Å². The Morgan fingerprint density at radius 1 is 1.17 bits per heavy atom. The molecule has 0 aromatic rings. The van der Waals surface area contributed by atoms with E-state index in [1.54, 1.807) is 0 Å². The Hall–Kier alpha value is -0.570. The third-order valence-electron chi connectivity index (χ3n) is 9.17. The lowest BCUT2D eigenvalue weighted by Gasteiger charge is -2.62. The molecule has 3 aliphatic carbocycles. The van der Waals surface area contributed by atoms with Gasteiger partial charge in [-0.25, -0.2) is 0 Å². The zero-order valence-electron chi connectivity index (χ0n) is 15.9. The Morgan fingerprint density at radius 3 is 2.62 bits per heavy atom. The van der Waals surface area contributed by atoms with Crippen molar-refractivity contribution in [2.24, 2.45) is 34.5 Å². The van der Waals surface area contributed by atoms with Gasteiger partial charge in [0.1, 0.15) is 0 Å². The summed E-state index contributed by atoms with van der Waals surface area (Å²) < 4.78 is 0. The second-order valence-corrected chi connectivity index (χ2v) is 9.86. The van der Waals surface area contributed by atoms with E-state index in [1.165, 1.54) is 32.1 Å². The van der Waals surface area contributed by atoms with Crippen LogP contribution in [0.1, 0.15) is 72.1 Å². The average Bonchev–Trinajstić information content (AvgIpc) is 2.82. The van der Waals surface area contributed by atoms with Crippen LogP contribution < -0.4 is 0 Å². The maximum atomic E-state index is 12.2. The van der Waals surface area contributed by atoms with Gasteiger partial charge in [-0.15, -0.1) is 0 Å². The van der Waals surface area contributed by atoms with Crippen LogP contribution in [0.5, 0.6) is 0 Å². The average molecular weight is 334 g/mol. The van der Waals surface area contributed by atoms with Crippen molar-refractivity contribution in [2.45, 2.75) is 84.3 Å². The SMILES string of the molecule is CC[C@@H]1C[C@H](O)[C@@]2(C)CC[C@H]3[C@@H](CC[C@H]4N(C)C(=O)CC[C@]34C)[C@H]12. The van der Waals surface area contributed by atoms with Crippen molar-refractivity contribution in [3.8, 4) is 0 Å². The third kappa shape index (κ3) is 2.03. The van der Waals surface area contributed by atoms with Crippen LogP contribution in [-0.4, -0.2) is 35.1 Å².